The van der Waals surface area contributed by atoms with Gasteiger partial charge in [-0.15, -0.1) is 44.9 Å². The van der Waals surface area contributed by atoms with Gasteiger partial charge in [0.15, 0.2) is 29.4 Å². The summed E-state index contributed by atoms with van der Waals surface area (Å²) in [5.41, 5.74) is 11.8. The molecule has 0 aliphatic carbocycles. The van der Waals surface area contributed by atoms with Crippen LogP contribution in [0.2, 0.25) is 0 Å². The molecule has 0 aromatic carbocycles. The lowest BCUT2D eigenvalue weighted by molar-refractivity contribution is -0.767. The Morgan fingerprint density at radius 3 is 2.84 bits per heavy atom. The van der Waals surface area contributed by atoms with Crippen molar-refractivity contribution in [1.29, 1.82) is 0 Å². The topological polar surface area (TPSA) is 205 Å². The zero-order valence-electron chi connectivity index (χ0n) is 19.8. The second-order valence-electron chi connectivity index (χ2n) is 7.88. The van der Waals surface area contributed by atoms with Crippen LogP contribution in [0.4, 0.5) is 10.9 Å². The Balaban J connectivity index is 0.00000400. The van der Waals surface area contributed by atoms with Crippen LogP contribution < -0.4 is 26.6 Å². The van der Waals surface area contributed by atoms with Crippen LogP contribution in [0.25, 0.3) is 0 Å². The Bertz CT molecular complexity index is 1310. The predicted octanol–water partition coefficient (Wildman–Crippen LogP) is -2.18. The largest absolute Gasteiger partial charge is 0.543 e. The molecule has 0 radical (unpaired) electrons. The van der Waals surface area contributed by atoms with Gasteiger partial charge in [-0.3, -0.25) is 14.5 Å². The molecule has 2 atom stereocenters. The number of thioether (sulfide) groups is 1. The highest BCUT2D eigenvalue weighted by Crippen LogP contribution is 2.40. The number of carbonyl (C=O) groups excluding carboxylic acids is 3. The molecule has 4 rings (SSSR count). The van der Waals surface area contributed by atoms with Gasteiger partial charge in [-0.2, -0.15) is 0 Å². The van der Waals surface area contributed by atoms with Crippen LogP contribution in [0.5, 0.6) is 0 Å². The fourth-order valence-electron chi connectivity index (χ4n) is 3.92. The smallest absolute Gasteiger partial charge is 0.276 e. The number of hydrogen-bond donors (Lipinski definition) is 4. The van der Waals surface area contributed by atoms with E-state index in [1.807, 2.05) is 0 Å². The lowest BCUT2D eigenvalue weighted by Gasteiger charge is -2.50. The fraction of sp³-hybridized carbons (Fsp3) is 0.333. The summed E-state index contributed by atoms with van der Waals surface area (Å²) in [6.07, 6.45) is 3.10. The van der Waals surface area contributed by atoms with Gasteiger partial charge in [0.05, 0.1) is 24.3 Å². The minimum Gasteiger partial charge on any atom is -0.543 e. The van der Waals surface area contributed by atoms with Crippen molar-refractivity contribution in [1.82, 2.24) is 19.9 Å². The Hall–Kier alpha value is -3.60. The molecule has 0 spiro atoms. The van der Waals surface area contributed by atoms with E-state index in [0.29, 0.717) is 11.4 Å². The van der Waals surface area contributed by atoms with E-state index in [0.717, 1.165) is 16.2 Å². The number of amides is 2. The molecular formula is C21H25ClN8O6S2. The van der Waals surface area contributed by atoms with Gasteiger partial charge in [-0.1, -0.05) is 17.8 Å². The van der Waals surface area contributed by atoms with Crippen molar-refractivity contribution in [3.05, 3.63) is 47.3 Å². The molecule has 0 unspecified atom stereocenters. The van der Waals surface area contributed by atoms with Gasteiger partial charge in [0.2, 0.25) is 0 Å². The average molecular weight is 585 g/mol. The molecule has 4 heterocycles. The highest BCUT2D eigenvalue weighted by molar-refractivity contribution is 8.00. The first-order chi connectivity index (χ1) is 17.8. The normalized spacial score (nSPS) is 18.8. The first-order valence-electron chi connectivity index (χ1n) is 10.9. The molecule has 2 aliphatic heterocycles. The third kappa shape index (κ3) is 5.62. The van der Waals surface area contributed by atoms with Gasteiger partial charge < -0.3 is 36.6 Å². The zero-order chi connectivity index (χ0) is 26.7. The lowest BCUT2D eigenvalue weighted by atomic mass is 10.0. The van der Waals surface area contributed by atoms with Crippen molar-refractivity contribution in [2.45, 2.75) is 24.5 Å². The van der Waals surface area contributed by atoms with Crippen molar-refractivity contribution < 1.29 is 34.1 Å². The summed E-state index contributed by atoms with van der Waals surface area (Å²) in [6, 6.07) is 0.623. The van der Waals surface area contributed by atoms with Crippen LogP contribution in [0, 0.1) is 0 Å². The highest BCUT2D eigenvalue weighted by atomic mass is 35.5. The number of hydrogen-bond acceptors (Lipinski definition) is 12. The maximum Gasteiger partial charge on any atom is 0.276 e. The molecule has 1 fully saturated rings. The van der Waals surface area contributed by atoms with Crippen LogP contribution >= 0.6 is 35.5 Å². The quantitative estimate of drug-likeness (QED) is 0.0561. The Kier molecular flexibility index (Phi) is 9.37. The van der Waals surface area contributed by atoms with Gasteiger partial charge in [-0.05, 0) is 0 Å². The van der Waals surface area contributed by atoms with Gasteiger partial charge in [-0.25, -0.2) is 4.98 Å². The van der Waals surface area contributed by atoms with Crippen LogP contribution in [-0.4, -0.2) is 73.5 Å². The number of oxime groups is 1. The number of thiazole rings is 1. The molecule has 17 heteroatoms. The van der Waals surface area contributed by atoms with Gasteiger partial charge in [0.25, 0.3) is 11.8 Å². The molecule has 14 nitrogen and oxygen atoms in total. The molecule has 38 heavy (non-hydrogen) atoms. The van der Waals surface area contributed by atoms with Crippen molar-refractivity contribution in [3.63, 3.8) is 0 Å². The number of carbonyl (C=O) groups is 3. The van der Waals surface area contributed by atoms with E-state index in [-0.39, 0.29) is 66.7 Å². The molecule has 204 valence electrons. The Labute approximate surface area is 231 Å². The predicted molar refractivity (Wildman–Crippen MR) is 140 cm³/mol. The first-order valence-corrected chi connectivity index (χ1v) is 12.9. The number of nitrogen functional groups attached to an aromatic ring is 2. The van der Waals surface area contributed by atoms with Crippen LogP contribution in [0.3, 0.4) is 0 Å². The maximum atomic E-state index is 13.0. The van der Waals surface area contributed by atoms with Gasteiger partial charge in [0.1, 0.15) is 30.3 Å². The number of anilines is 2. The van der Waals surface area contributed by atoms with E-state index in [4.69, 9.17) is 16.3 Å². The number of halogens is 1. The number of aliphatic hydroxyl groups is 1. The van der Waals surface area contributed by atoms with Crippen molar-refractivity contribution >= 4 is 70.0 Å². The number of aromatic nitrogens is 3. The summed E-state index contributed by atoms with van der Waals surface area (Å²) in [4.78, 5) is 48.3. The molecule has 1 saturated heterocycles. The molecule has 2 aliphatic rings. The van der Waals surface area contributed by atoms with Crippen molar-refractivity contribution in [2.75, 3.05) is 30.4 Å². The standard InChI is InChI=1S/C21H24N8O6S2.ClH/c1-2-7-35-26-14(12-10-37-21(23)24-12)17(31)25-15-18(32)29-16(20(33)34)11(9-36-19(15)29)8-27-4-3-13(22)28(27)5-6-30;/h2-4,10,15,19,22,30H,1,5-9H2,(H4,23,24,25,31,33,34);1H/t15-,19-;/m1./s1. The summed E-state index contributed by atoms with van der Waals surface area (Å²) in [6.45, 7) is 3.72. The molecule has 2 aromatic heterocycles. The zero-order valence-corrected chi connectivity index (χ0v) is 22.3. The Morgan fingerprint density at radius 1 is 1.45 bits per heavy atom. The van der Waals surface area contributed by atoms with Crippen LogP contribution in [0.15, 0.2) is 46.7 Å². The first kappa shape index (κ1) is 29.0. The summed E-state index contributed by atoms with van der Waals surface area (Å²) < 4.78 is 3.25. The Morgan fingerprint density at radius 2 is 2.21 bits per heavy atom. The second kappa shape index (κ2) is 12.3. The number of nitrogens with zero attached hydrogens (tertiary/aromatic N) is 5. The third-order valence-electron chi connectivity index (χ3n) is 5.55. The lowest BCUT2D eigenvalue weighted by Crippen LogP contribution is -2.71. The van der Waals surface area contributed by atoms with Crippen molar-refractivity contribution in [3.8, 4) is 0 Å². The molecule has 0 saturated carbocycles. The SMILES string of the molecule is C=CCON=C(C(=O)N[C@@H]1C(=O)N2C(C(=O)[O-])=C(C[n+]3ccc(N)n3CCO)CS[C@H]12)c1csc(N)n1.Cl. The van der Waals surface area contributed by atoms with E-state index >= 15 is 0 Å². The fourth-order valence-corrected chi connectivity index (χ4v) is 5.80. The molecule has 2 amide bonds. The van der Waals surface area contributed by atoms with E-state index < -0.39 is 29.2 Å². The van der Waals surface area contributed by atoms with Crippen molar-refractivity contribution in [2.24, 2.45) is 5.16 Å². The number of aliphatic hydroxyl groups excluding tert-OH is 1. The minimum atomic E-state index is -1.51. The summed E-state index contributed by atoms with van der Waals surface area (Å²) in [5.74, 6) is -2.20. The molecule has 0 bridgehead atoms. The highest BCUT2D eigenvalue weighted by Gasteiger charge is 2.53. The summed E-state index contributed by atoms with van der Waals surface area (Å²) >= 11 is 2.40. The van der Waals surface area contributed by atoms with E-state index in [1.165, 1.54) is 23.2 Å². The van der Waals surface area contributed by atoms with Crippen LogP contribution in [-0.2, 0) is 32.3 Å². The van der Waals surface area contributed by atoms with Gasteiger partial charge in [0, 0.05) is 16.7 Å². The number of fused-ring (bicyclic) bond motifs is 1. The number of carboxylic acid groups (broad SMARTS) is 1. The number of carboxylic acids is 1. The number of rotatable bonds is 11. The summed E-state index contributed by atoms with van der Waals surface area (Å²) in [7, 11) is 0. The molecule has 6 N–H and O–H groups in total. The van der Waals surface area contributed by atoms with E-state index in [2.05, 4.69) is 22.0 Å². The average Bonchev–Trinajstić information content (AvgIpc) is 3.45. The van der Waals surface area contributed by atoms with E-state index in [1.54, 1.807) is 21.6 Å². The maximum absolute atomic E-state index is 13.0. The number of β-lactam (4-membered cyclic amide) rings is 1. The summed E-state index contributed by atoms with van der Waals surface area (Å²) in [5, 5.41) is 28.9. The minimum absolute atomic E-state index is 0. The molecular weight excluding hydrogens is 560 g/mol. The van der Waals surface area contributed by atoms with Gasteiger partial charge >= 0.3 is 0 Å². The van der Waals surface area contributed by atoms with Crippen LogP contribution in [0.1, 0.15) is 5.69 Å². The monoisotopic (exact) mass is 584 g/mol. The number of aliphatic carboxylic acids is 1. The second-order valence-corrected chi connectivity index (χ2v) is 9.88. The van der Waals surface area contributed by atoms with E-state index in [9.17, 15) is 24.6 Å². The molecule has 2 aromatic rings. The number of nitrogens with two attached hydrogens (primary N) is 2. The third-order valence-corrected chi connectivity index (χ3v) is 7.56. The number of nitrogens with one attached hydrogen (secondary N) is 1.